The lowest BCUT2D eigenvalue weighted by Gasteiger charge is -2.13. The Labute approximate surface area is 236 Å². The molecule has 0 atom stereocenters. The topological polar surface area (TPSA) is 88.8 Å². The first-order valence-corrected chi connectivity index (χ1v) is 13.9. The van der Waals surface area contributed by atoms with E-state index in [0.717, 1.165) is 11.6 Å². The Morgan fingerprint density at radius 1 is 1.24 bits per heavy atom. The molecular formula is C29H38ClN5O2S. The second kappa shape index (κ2) is 15.4. The van der Waals surface area contributed by atoms with Crippen molar-refractivity contribution < 1.29 is 9.53 Å². The van der Waals surface area contributed by atoms with Crippen LogP contribution in [0.2, 0.25) is 5.15 Å². The minimum atomic E-state index is -0.356. The van der Waals surface area contributed by atoms with Crippen molar-refractivity contribution in [1.82, 2.24) is 15.3 Å². The number of rotatable bonds is 8. The first-order valence-electron chi connectivity index (χ1n) is 12.7. The number of amides is 1. The van der Waals surface area contributed by atoms with E-state index in [-0.39, 0.29) is 5.91 Å². The molecule has 0 radical (unpaired) electrons. The van der Waals surface area contributed by atoms with Crippen LogP contribution in [-0.4, -0.2) is 33.2 Å². The monoisotopic (exact) mass is 555 g/mol. The number of methoxy groups -OCH3 is 1. The molecule has 1 amide bonds. The van der Waals surface area contributed by atoms with Crippen LogP contribution >= 0.6 is 23.4 Å². The van der Waals surface area contributed by atoms with Crippen molar-refractivity contribution in [2.24, 2.45) is 15.9 Å². The van der Waals surface area contributed by atoms with Gasteiger partial charge >= 0.3 is 0 Å². The van der Waals surface area contributed by atoms with Gasteiger partial charge in [0.25, 0.3) is 5.91 Å². The number of nitrogens with one attached hydrogen (secondary N) is 1. The molecule has 0 unspecified atom stereocenters. The molecular weight excluding hydrogens is 518 g/mol. The van der Waals surface area contributed by atoms with Crippen molar-refractivity contribution in [1.29, 1.82) is 0 Å². The van der Waals surface area contributed by atoms with E-state index in [0.29, 0.717) is 49.2 Å². The van der Waals surface area contributed by atoms with Crippen LogP contribution in [0.5, 0.6) is 5.75 Å². The number of nitrogens with zero attached hydrogens (tertiary/aromatic N) is 4. The van der Waals surface area contributed by atoms with E-state index in [4.69, 9.17) is 16.3 Å². The number of halogens is 1. The zero-order valence-corrected chi connectivity index (χ0v) is 25.0. The highest BCUT2D eigenvalue weighted by atomic mass is 35.5. The number of ether oxygens (including phenoxy) is 1. The van der Waals surface area contributed by atoms with E-state index >= 15 is 0 Å². The minimum Gasteiger partial charge on any atom is -0.494 e. The fraction of sp³-hybridized carbons (Fsp3) is 0.414. The average molecular weight is 556 g/mol. The number of hydrogen-bond acceptors (Lipinski definition) is 7. The summed E-state index contributed by atoms with van der Waals surface area (Å²) in [7, 11) is 1.53. The molecule has 38 heavy (non-hydrogen) atoms. The molecule has 0 aromatic carbocycles. The van der Waals surface area contributed by atoms with E-state index in [1.54, 1.807) is 19.1 Å². The molecule has 0 saturated heterocycles. The molecule has 3 rings (SSSR count). The number of allylic oxidation sites excluding steroid dienone is 2. The molecule has 0 fully saturated rings. The summed E-state index contributed by atoms with van der Waals surface area (Å²) in [5, 5.41) is 4.25. The summed E-state index contributed by atoms with van der Waals surface area (Å²) in [6.07, 6.45) is 10.5. The summed E-state index contributed by atoms with van der Waals surface area (Å²) in [5.41, 5.74) is 3.72. The normalized spacial score (nSPS) is 14.8. The molecule has 0 bridgehead atoms. The number of aliphatic imine (C=N–C) groups is 2. The Balaban J connectivity index is 0.000000550. The highest BCUT2D eigenvalue weighted by Crippen LogP contribution is 2.34. The molecule has 1 aliphatic rings. The van der Waals surface area contributed by atoms with E-state index in [9.17, 15) is 4.79 Å². The zero-order valence-electron chi connectivity index (χ0n) is 23.4. The van der Waals surface area contributed by atoms with Gasteiger partial charge in [0.05, 0.1) is 24.6 Å². The third-order valence-electron chi connectivity index (χ3n) is 5.44. The van der Waals surface area contributed by atoms with Gasteiger partial charge < -0.3 is 10.1 Å². The molecule has 0 spiro atoms. The smallest absolute Gasteiger partial charge is 0.259 e. The maximum atomic E-state index is 13.1. The van der Waals surface area contributed by atoms with Crippen molar-refractivity contribution in [2.75, 3.05) is 7.11 Å². The molecule has 1 N–H and O–H groups in total. The predicted molar refractivity (Wildman–Crippen MR) is 161 cm³/mol. The number of carbonyl (C=O) groups is 1. The molecule has 0 saturated carbocycles. The van der Waals surface area contributed by atoms with Gasteiger partial charge in [-0.2, -0.15) is 0 Å². The summed E-state index contributed by atoms with van der Waals surface area (Å²) >= 11 is 7.36. The van der Waals surface area contributed by atoms with E-state index in [2.05, 4.69) is 52.6 Å². The van der Waals surface area contributed by atoms with Crippen LogP contribution in [0, 0.1) is 12.8 Å². The van der Waals surface area contributed by atoms with Crippen molar-refractivity contribution in [2.45, 2.75) is 67.2 Å². The first kappa shape index (κ1) is 31.2. The van der Waals surface area contributed by atoms with Crippen molar-refractivity contribution in [3.63, 3.8) is 0 Å². The number of unbranched alkanes of at least 4 members (excludes halogenated alkanes) is 2. The van der Waals surface area contributed by atoms with E-state index in [1.165, 1.54) is 56.9 Å². The van der Waals surface area contributed by atoms with Crippen molar-refractivity contribution >= 4 is 39.5 Å². The Hall–Kier alpha value is -2.97. The lowest BCUT2D eigenvalue weighted by Crippen LogP contribution is -2.28. The van der Waals surface area contributed by atoms with Gasteiger partial charge in [-0.3, -0.25) is 9.78 Å². The summed E-state index contributed by atoms with van der Waals surface area (Å²) in [5.74, 6) is 1.05. The fourth-order valence-electron chi connectivity index (χ4n) is 3.54. The molecule has 3 heterocycles. The summed E-state index contributed by atoms with van der Waals surface area (Å²) in [6, 6.07) is 3.46. The summed E-state index contributed by atoms with van der Waals surface area (Å²) in [6.45, 7) is 16.1. The van der Waals surface area contributed by atoms with Gasteiger partial charge in [0, 0.05) is 28.7 Å². The maximum absolute atomic E-state index is 13.1. The molecule has 0 aliphatic carbocycles. The van der Waals surface area contributed by atoms with Gasteiger partial charge in [-0.15, -0.1) is 0 Å². The van der Waals surface area contributed by atoms with Gasteiger partial charge in [0.2, 0.25) is 0 Å². The number of aromatic nitrogens is 2. The number of amidine groups is 1. The third kappa shape index (κ3) is 9.40. The second-order valence-electron chi connectivity index (χ2n) is 9.27. The molecule has 2 aromatic rings. The van der Waals surface area contributed by atoms with Gasteiger partial charge in [-0.05, 0) is 50.6 Å². The predicted octanol–water partition coefficient (Wildman–Crippen LogP) is 8.01. The van der Waals surface area contributed by atoms with Gasteiger partial charge in [-0.25, -0.2) is 15.0 Å². The highest BCUT2D eigenvalue weighted by Gasteiger charge is 2.24. The number of aryl methyl sites for hydroxylation is 1. The number of thioether (sulfide) groups is 1. The zero-order chi connectivity index (χ0) is 28.2. The number of carbonyl (C=O) groups excluding carboxylic acids is 1. The number of hydrogen-bond donors (Lipinski definition) is 1. The minimum absolute atomic E-state index is 0.292. The Kier molecular flexibility index (Phi) is 12.7. The van der Waals surface area contributed by atoms with E-state index in [1.807, 2.05) is 19.9 Å². The molecule has 7 nitrogen and oxygen atoms in total. The standard InChI is InChI=1S/C21H20ClN5O2S.C8H18/c1-6-16-20(25-11(2)3)30-21(26-16)27-19(28)15-9-23-12(4)7-13(15)14-8-18(22)24-10-17(14)29-5;1-4-5-6-7-8(2)3/h6-10H,2H2,1,3-5H3,(H,26,27,28);8H,4-7H2,1-3H3/b16-6+,25-20?;. The van der Waals surface area contributed by atoms with Crippen LogP contribution in [-0.2, 0) is 0 Å². The molecule has 204 valence electrons. The van der Waals surface area contributed by atoms with Gasteiger partial charge in [-0.1, -0.05) is 70.7 Å². The highest BCUT2D eigenvalue weighted by molar-refractivity contribution is 8.27. The Morgan fingerprint density at radius 3 is 2.58 bits per heavy atom. The largest absolute Gasteiger partial charge is 0.494 e. The van der Waals surface area contributed by atoms with Crippen LogP contribution in [0.4, 0.5) is 0 Å². The SMILES string of the molecule is C=C(C)N=C1SC(NC(=O)c2cnc(C)cc2-c2cc(Cl)ncc2OC)=N/C1=C/C.CCCCCC(C)C. The van der Waals surface area contributed by atoms with Gasteiger partial charge in [0.15, 0.2) is 5.17 Å². The quantitative estimate of drug-likeness (QED) is 0.263. The summed E-state index contributed by atoms with van der Waals surface area (Å²) < 4.78 is 5.41. The van der Waals surface area contributed by atoms with Crippen LogP contribution in [0.15, 0.2) is 58.6 Å². The maximum Gasteiger partial charge on any atom is 0.259 e. The van der Waals surface area contributed by atoms with Crippen LogP contribution < -0.4 is 10.1 Å². The van der Waals surface area contributed by atoms with Gasteiger partial charge in [0.1, 0.15) is 15.9 Å². The Bertz CT molecular complexity index is 1240. The Morgan fingerprint density at radius 2 is 1.97 bits per heavy atom. The second-order valence-corrected chi connectivity index (χ2v) is 10.6. The average Bonchev–Trinajstić information content (AvgIpc) is 3.24. The van der Waals surface area contributed by atoms with Crippen LogP contribution in [0.1, 0.15) is 76.4 Å². The molecule has 2 aromatic heterocycles. The number of pyridine rings is 2. The summed E-state index contributed by atoms with van der Waals surface area (Å²) in [4.78, 5) is 30.2. The van der Waals surface area contributed by atoms with E-state index < -0.39 is 0 Å². The lowest BCUT2D eigenvalue weighted by atomic mass is 10.0. The fourth-order valence-corrected chi connectivity index (χ4v) is 4.64. The van der Waals surface area contributed by atoms with Crippen molar-refractivity contribution in [3.05, 3.63) is 65.0 Å². The lowest BCUT2D eigenvalue weighted by molar-refractivity contribution is 0.0978. The van der Waals surface area contributed by atoms with Crippen LogP contribution in [0.25, 0.3) is 11.1 Å². The van der Waals surface area contributed by atoms with Crippen LogP contribution in [0.3, 0.4) is 0 Å². The van der Waals surface area contributed by atoms with Crippen molar-refractivity contribution in [3.8, 4) is 16.9 Å². The molecule has 1 aliphatic heterocycles. The molecule has 9 heteroatoms. The first-order chi connectivity index (χ1) is 18.1. The third-order valence-corrected chi connectivity index (χ3v) is 6.52.